The Bertz CT molecular complexity index is 645. The van der Waals surface area contributed by atoms with Gasteiger partial charge in [-0.1, -0.05) is 48.5 Å². The molecule has 0 aliphatic carbocycles. The molecule has 23 heavy (non-hydrogen) atoms. The molecule has 0 aromatic heterocycles. The molecule has 0 spiro atoms. The van der Waals surface area contributed by atoms with Crippen LogP contribution in [0.2, 0.25) is 0 Å². The molecule has 2 aliphatic heterocycles. The summed E-state index contributed by atoms with van der Waals surface area (Å²) in [6, 6.07) is 18.4. The smallest absolute Gasteiger partial charge is 0.0479 e. The molecule has 1 fully saturated rings. The van der Waals surface area contributed by atoms with Crippen molar-refractivity contribution in [1.29, 1.82) is 0 Å². The quantitative estimate of drug-likeness (QED) is 0.838. The van der Waals surface area contributed by atoms with Gasteiger partial charge in [-0.2, -0.15) is 0 Å². The maximum absolute atomic E-state index is 3.56. The first-order valence-corrected chi connectivity index (χ1v) is 7.93. The Kier molecular flexibility index (Phi) is 6.10. The number of piperazine rings is 1. The topological polar surface area (TPSA) is 15.3 Å². The normalized spacial score (nSPS) is 23.0. The summed E-state index contributed by atoms with van der Waals surface area (Å²) in [5.41, 5.74) is 5.98. The molecule has 1 saturated heterocycles. The van der Waals surface area contributed by atoms with E-state index in [1.54, 1.807) is 5.56 Å². The van der Waals surface area contributed by atoms with E-state index < -0.39 is 0 Å². The van der Waals surface area contributed by atoms with Crippen LogP contribution in [0.25, 0.3) is 0 Å². The number of hydrogen-bond acceptors (Lipinski definition) is 2. The number of halogens is 2. The number of benzene rings is 2. The molecule has 4 heteroatoms. The van der Waals surface area contributed by atoms with E-state index in [9.17, 15) is 0 Å². The van der Waals surface area contributed by atoms with Crippen molar-refractivity contribution < 1.29 is 0 Å². The summed E-state index contributed by atoms with van der Waals surface area (Å²) in [5, 5.41) is 3.56. The van der Waals surface area contributed by atoms with Crippen molar-refractivity contribution in [2.75, 3.05) is 26.2 Å². The molecular weight excluding hydrogens is 327 g/mol. The molecule has 4 rings (SSSR count). The number of rotatable bonds is 1. The van der Waals surface area contributed by atoms with Crippen LogP contribution in [-0.2, 0) is 0 Å². The average molecular weight is 351 g/mol. The highest BCUT2D eigenvalue weighted by Crippen LogP contribution is 2.41. The third-order valence-electron chi connectivity index (χ3n) is 5.04. The van der Waals surface area contributed by atoms with E-state index in [0.717, 1.165) is 26.2 Å². The van der Waals surface area contributed by atoms with Gasteiger partial charge in [0.25, 0.3) is 0 Å². The molecule has 2 atom stereocenters. The van der Waals surface area contributed by atoms with E-state index in [1.165, 1.54) is 16.7 Å². The molecular formula is C19H24Cl2N2. The number of fused-ring (bicyclic) bond motifs is 3. The average Bonchev–Trinajstić information content (AvgIpc) is 2.55. The molecule has 2 aromatic rings. The summed E-state index contributed by atoms with van der Waals surface area (Å²) in [5.74, 6) is 0.510. The maximum Gasteiger partial charge on any atom is 0.0479 e. The third kappa shape index (κ3) is 3.27. The van der Waals surface area contributed by atoms with Gasteiger partial charge in [0.05, 0.1) is 0 Å². The summed E-state index contributed by atoms with van der Waals surface area (Å²) in [4.78, 5) is 2.67. The maximum atomic E-state index is 3.56. The van der Waals surface area contributed by atoms with Crippen molar-refractivity contribution in [2.45, 2.75) is 18.9 Å². The zero-order valence-corrected chi connectivity index (χ0v) is 15.0. The second-order valence-electron chi connectivity index (χ2n) is 6.26. The second kappa shape index (κ2) is 7.67. The first kappa shape index (κ1) is 18.3. The molecule has 2 nitrogen and oxygen atoms in total. The van der Waals surface area contributed by atoms with E-state index >= 15 is 0 Å². The lowest BCUT2D eigenvalue weighted by molar-refractivity contribution is 0.142. The highest BCUT2D eigenvalue weighted by atomic mass is 35.5. The number of nitrogens with one attached hydrogen (secondary N) is 1. The molecule has 1 N–H and O–H groups in total. The van der Waals surface area contributed by atoms with Crippen molar-refractivity contribution in [1.82, 2.24) is 10.2 Å². The monoisotopic (exact) mass is 350 g/mol. The van der Waals surface area contributed by atoms with Gasteiger partial charge in [-0.15, -0.1) is 24.8 Å². The van der Waals surface area contributed by atoms with E-state index in [2.05, 4.69) is 65.7 Å². The minimum Gasteiger partial charge on any atom is -0.314 e. The van der Waals surface area contributed by atoms with Crippen molar-refractivity contribution in [3.63, 3.8) is 0 Å². The third-order valence-corrected chi connectivity index (χ3v) is 5.04. The van der Waals surface area contributed by atoms with Crippen LogP contribution in [0.3, 0.4) is 0 Å². The Balaban J connectivity index is 0.000000960. The Morgan fingerprint density at radius 2 is 1.78 bits per heavy atom. The minimum atomic E-state index is 0. The molecule has 0 radical (unpaired) electrons. The van der Waals surface area contributed by atoms with E-state index in [0.29, 0.717) is 12.0 Å². The van der Waals surface area contributed by atoms with Gasteiger partial charge in [0.1, 0.15) is 0 Å². The van der Waals surface area contributed by atoms with Crippen molar-refractivity contribution in [2.24, 2.45) is 0 Å². The van der Waals surface area contributed by atoms with Crippen LogP contribution in [0.4, 0.5) is 0 Å². The molecule has 2 heterocycles. The van der Waals surface area contributed by atoms with Crippen LogP contribution in [0.15, 0.2) is 48.5 Å². The van der Waals surface area contributed by atoms with Gasteiger partial charge in [0.15, 0.2) is 0 Å². The molecule has 124 valence electrons. The van der Waals surface area contributed by atoms with Crippen molar-refractivity contribution >= 4 is 24.8 Å². The Hall–Kier alpha value is -1.06. The van der Waals surface area contributed by atoms with E-state index in [1.807, 2.05) is 0 Å². The molecule has 2 aliphatic rings. The standard InChI is InChI=1S/C19H22N2.2ClH/c1-14-6-5-9-16-17(15-7-3-2-4-8-15)13-21-11-10-20-12-18(21)19(14)16;;/h2-9,17-18,20H,10-13H2,1H3;2*1H/t17-,18-;;/m0../s1. The lowest BCUT2D eigenvalue weighted by Gasteiger charge is -2.45. The van der Waals surface area contributed by atoms with Crippen LogP contribution in [-0.4, -0.2) is 31.1 Å². The second-order valence-corrected chi connectivity index (χ2v) is 6.26. The lowest BCUT2D eigenvalue weighted by atomic mass is 9.79. The number of aryl methyl sites for hydroxylation is 1. The van der Waals surface area contributed by atoms with Crippen LogP contribution < -0.4 is 5.32 Å². The first-order valence-electron chi connectivity index (χ1n) is 7.93. The van der Waals surface area contributed by atoms with Crippen LogP contribution in [0.1, 0.15) is 34.2 Å². The molecule has 0 unspecified atom stereocenters. The van der Waals surface area contributed by atoms with Gasteiger partial charge in [0, 0.05) is 38.1 Å². The molecule has 0 saturated carbocycles. The largest absolute Gasteiger partial charge is 0.314 e. The van der Waals surface area contributed by atoms with Crippen LogP contribution in [0, 0.1) is 6.92 Å². The highest BCUT2D eigenvalue weighted by Gasteiger charge is 2.35. The predicted octanol–water partition coefficient (Wildman–Crippen LogP) is 3.93. The van der Waals surface area contributed by atoms with Gasteiger partial charge in [0.2, 0.25) is 0 Å². The molecule has 0 amide bonds. The van der Waals surface area contributed by atoms with E-state index in [4.69, 9.17) is 0 Å². The minimum absolute atomic E-state index is 0. The summed E-state index contributed by atoms with van der Waals surface area (Å²) in [6.07, 6.45) is 0. The zero-order valence-electron chi connectivity index (χ0n) is 13.4. The zero-order chi connectivity index (χ0) is 14.2. The summed E-state index contributed by atoms with van der Waals surface area (Å²) < 4.78 is 0. The van der Waals surface area contributed by atoms with E-state index in [-0.39, 0.29) is 24.8 Å². The fraction of sp³-hybridized carbons (Fsp3) is 0.368. The Labute approximate surface area is 151 Å². The van der Waals surface area contributed by atoms with Gasteiger partial charge >= 0.3 is 0 Å². The van der Waals surface area contributed by atoms with Crippen molar-refractivity contribution in [3.8, 4) is 0 Å². The predicted molar refractivity (Wildman–Crippen MR) is 101 cm³/mol. The first-order chi connectivity index (χ1) is 10.3. The van der Waals surface area contributed by atoms with Gasteiger partial charge in [-0.3, -0.25) is 4.90 Å². The molecule has 2 aromatic carbocycles. The van der Waals surface area contributed by atoms with Gasteiger partial charge in [-0.25, -0.2) is 0 Å². The van der Waals surface area contributed by atoms with Gasteiger partial charge < -0.3 is 5.32 Å². The lowest BCUT2D eigenvalue weighted by Crippen LogP contribution is -2.50. The fourth-order valence-electron chi connectivity index (χ4n) is 4.02. The molecule has 0 bridgehead atoms. The number of hydrogen-bond donors (Lipinski definition) is 1. The summed E-state index contributed by atoms with van der Waals surface area (Å²) in [7, 11) is 0. The highest BCUT2D eigenvalue weighted by molar-refractivity contribution is 5.85. The number of nitrogens with zero attached hydrogens (tertiary/aromatic N) is 1. The summed E-state index contributed by atoms with van der Waals surface area (Å²) in [6.45, 7) is 6.76. The Morgan fingerprint density at radius 3 is 2.57 bits per heavy atom. The Morgan fingerprint density at radius 1 is 1.00 bits per heavy atom. The fourth-order valence-corrected chi connectivity index (χ4v) is 4.02. The SMILES string of the molecule is Cc1cccc2c1[C@@H]1CNCCN1C[C@H]2c1ccccc1.Cl.Cl. The van der Waals surface area contributed by atoms with Crippen LogP contribution >= 0.6 is 24.8 Å². The van der Waals surface area contributed by atoms with Crippen LogP contribution in [0.5, 0.6) is 0 Å². The summed E-state index contributed by atoms with van der Waals surface area (Å²) >= 11 is 0. The van der Waals surface area contributed by atoms with Gasteiger partial charge in [-0.05, 0) is 29.2 Å². The van der Waals surface area contributed by atoms with Crippen molar-refractivity contribution in [3.05, 3.63) is 70.8 Å².